The van der Waals surface area contributed by atoms with Gasteiger partial charge in [-0.1, -0.05) is 0 Å². The lowest BCUT2D eigenvalue weighted by atomic mass is 10.1. The standard InChI is InChI=1S/C12H21N5O6S/c1-5(12(22)23)15-11(21)7(4-24)17-10(20)6(2-8(14)18)16-9(19)3-13/h5-7,24H,2-4,13H2,1H3,(H2,14,18)(H,15,21)(H,16,19)(H,17,20)(H,22,23). The quantitative estimate of drug-likeness (QED) is 0.194. The van der Waals surface area contributed by atoms with Crippen LogP contribution >= 0.6 is 12.6 Å². The highest BCUT2D eigenvalue weighted by atomic mass is 32.1. The van der Waals surface area contributed by atoms with Gasteiger partial charge in [0.05, 0.1) is 13.0 Å². The third-order valence-corrected chi connectivity index (χ3v) is 3.15. The number of carbonyl (C=O) groups excluding carboxylic acids is 4. The molecule has 0 aromatic rings. The third-order valence-electron chi connectivity index (χ3n) is 2.79. The topological polar surface area (TPSA) is 194 Å². The zero-order chi connectivity index (χ0) is 18.9. The van der Waals surface area contributed by atoms with Gasteiger partial charge in [0.15, 0.2) is 0 Å². The number of primary amides is 1. The summed E-state index contributed by atoms with van der Waals surface area (Å²) in [5.41, 5.74) is 10.1. The molecule has 136 valence electrons. The van der Waals surface area contributed by atoms with E-state index in [1.54, 1.807) is 0 Å². The predicted molar refractivity (Wildman–Crippen MR) is 85.8 cm³/mol. The molecule has 3 unspecified atom stereocenters. The summed E-state index contributed by atoms with van der Waals surface area (Å²) in [4.78, 5) is 57.0. The molecule has 0 aromatic heterocycles. The van der Waals surface area contributed by atoms with E-state index in [9.17, 15) is 24.0 Å². The average molecular weight is 363 g/mol. The van der Waals surface area contributed by atoms with Gasteiger partial charge in [-0.05, 0) is 6.92 Å². The van der Waals surface area contributed by atoms with Gasteiger partial charge in [0.1, 0.15) is 18.1 Å². The van der Waals surface area contributed by atoms with Crippen molar-refractivity contribution in [3.05, 3.63) is 0 Å². The van der Waals surface area contributed by atoms with Gasteiger partial charge in [-0.3, -0.25) is 24.0 Å². The first kappa shape index (κ1) is 21.7. The molecule has 0 heterocycles. The third kappa shape index (κ3) is 7.78. The van der Waals surface area contributed by atoms with Crippen LogP contribution in [0.1, 0.15) is 13.3 Å². The molecule has 24 heavy (non-hydrogen) atoms. The molecule has 4 amide bonds. The van der Waals surface area contributed by atoms with Crippen LogP contribution in [0.4, 0.5) is 0 Å². The van der Waals surface area contributed by atoms with E-state index in [0.29, 0.717) is 0 Å². The van der Waals surface area contributed by atoms with Crippen molar-refractivity contribution in [2.45, 2.75) is 31.5 Å². The van der Waals surface area contributed by atoms with Crippen LogP contribution in [0.25, 0.3) is 0 Å². The molecule has 0 aliphatic rings. The number of hydrogen-bond acceptors (Lipinski definition) is 7. The first-order valence-electron chi connectivity index (χ1n) is 6.84. The van der Waals surface area contributed by atoms with Crippen molar-refractivity contribution in [1.29, 1.82) is 0 Å². The highest BCUT2D eigenvalue weighted by molar-refractivity contribution is 7.80. The van der Waals surface area contributed by atoms with Gasteiger partial charge in [-0.15, -0.1) is 0 Å². The predicted octanol–water partition coefficient (Wildman–Crippen LogP) is -3.69. The van der Waals surface area contributed by atoms with Crippen molar-refractivity contribution < 1.29 is 29.1 Å². The molecule has 3 atom stereocenters. The van der Waals surface area contributed by atoms with Crippen LogP contribution in [0.3, 0.4) is 0 Å². The summed E-state index contributed by atoms with van der Waals surface area (Å²) in [7, 11) is 0. The summed E-state index contributed by atoms with van der Waals surface area (Å²) in [6.07, 6.45) is -0.496. The highest BCUT2D eigenvalue weighted by Crippen LogP contribution is 1.97. The van der Waals surface area contributed by atoms with Gasteiger partial charge in [0, 0.05) is 5.75 Å². The molecule has 11 nitrogen and oxygen atoms in total. The van der Waals surface area contributed by atoms with Crippen LogP contribution in [0.5, 0.6) is 0 Å². The van der Waals surface area contributed by atoms with Crippen molar-refractivity contribution in [1.82, 2.24) is 16.0 Å². The number of nitrogens with two attached hydrogens (primary N) is 2. The zero-order valence-corrected chi connectivity index (χ0v) is 13.8. The Labute approximate surface area is 143 Å². The Morgan fingerprint density at radius 2 is 1.58 bits per heavy atom. The van der Waals surface area contributed by atoms with Crippen LogP contribution in [0.15, 0.2) is 0 Å². The van der Waals surface area contributed by atoms with Gasteiger partial charge in [-0.25, -0.2) is 0 Å². The number of carboxylic acids is 1. The Kier molecular flexibility index (Phi) is 9.42. The summed E-state index contributed by atoms with van der Waals surface area (Å²) in [6, 6.07) is -3.66. The lowest BCUT2D eigenvalue weighted by molar-refractivity contribution is -0.141. The van der Waals surface area contributed by atoms with Crippen molar-refractivity contribution >= 4 is 42.2 Å². The van der Waals surface area contributed by atoms with E-state index >= 15 is 0 Å². The molecule has 0 radical (unpaired) electrons. The minimum Gasteiger partial charge on any atom is -0.480 e. The van der Waals surface area contributed by atoms with E-state index in [-0.39, 0.29) is 5.75 Å². The number of nitrogens with one attached hydrogen (secondary N) is 3. The minimum absolute atomic E-state index is 0.141. The molecule has 0 fully saturated rings. The Morgan fingerprint density at radius 1 is 1.04 bits per heavy atom. The summed E-state index contributed by atoms with van der Waals surface area (Å²) in [5, 5.41) is 15.4. The van der Waals surface area contributed by atoms with E-state index in [1.165, 1.54) is 6.92 Å². The van der Waals surface area contributed by atoms with Crippen molar-refractivity contribution in [2.75, 3.05) is 12.3 Å². The lowest BCUT2D eigenvalue weighted by Gasteiger charge is -2.22. The van der Waals surface area contributed by atoms with E-state index in [4.69, 9.17) is 16.6 Å². The van der Waals surface area contributed by atoms with Crippen molar-refractivity contribution in [2.24, 2.45) is 11.5 Å². The molecular formula is C12H21N5O6S. The lowest BCUT2D eigenvalue weighted by Crippen LogP contribution is -2.57. The molecule has 0 saturated carbocycles. The SMILES string of the molecule is CC(NC(=O)C(CS)NC(=O)C(CC(N)=O)NC(=O)CN)C(=O)O. The smallest absolute Gasteiger partial charge is 0.325 e. The average Bonchev–Trinajstić information content (AvgIpc) is 2.50. The first-order valence-corrected chi connectivity index (χ1v) is 7.47. The molecule has 8 N–H and O–H groups in total. The molecule has 0 aromatic carbocycles. The fourth-order valence-electron chi connectivity index (χ4n) is 1.51. The Bertz CT molecular complexity index is 514. The van der Waals surface area contributed by atoms with Gasteiger partial charge >= 0.3 is 5.97 Å². The van der Waals surface area contributed by atoms with Gasteiger partial charge in [-0.2, -0.15) is 12.6 Å². The monoisotopic (exact) mass is 363 g/mol. The summed E-state index contributed by atoms with van der Waals surface area (Å²) in [5.74, 6) is -4.57. The number of carbonyl (C=O) groups is 5. The molecule has 0 spiro atoms. The van der Waals surface area contributed by atoms with E-state index < -0.39 is 60.7 Å². The van der Waals surface area contributed by atoms with Crippen molar-refractivity contribution in [3.63, 3.8) is 0 Å². The number of amides is 4. The molecule has 0 rings (SSSR count). The number of rotatable bonds is 10. The molecule has 12 heteroatoms. The van der Waals surface area contributed by atoms with Crippen molar-refractivity contribution in [3.8, 4) is 0 Å². The number of carboxylic acid groups (broad SMARTS) is 1. The second-order valence-electron chi connectivity index (χ2n) is 4.81. The maximum Gasteiger partial charge on any atom is 0.325 e. The van der Waals surface area contributed by atoms with Crippen LogP contribution in [0, 0.1) is 0 Å². The molecule has 0 bridgehead atoms. The number of hydrogen-bond donors (Lipinski definition) is 7. The molecule has 0 aliphatic heterocycles. The first-order chi connectivity index (χ1) is 11.1. The second-order valence-corrected chi connectivity index (χ2v) is 5.17. The molecular weight excluding hydrogens is 342 g/mol. The van der Waals surface area contributed by atoms with Crippen LogP contribution in [-0.2, 0) is 24.0 Å². The van der Waals surface area contributed by atoms with Gasteiger partial charge < -0.3 is 32.5 Å². The Hall–Kier alpha value is -2.34. The summed E-state index contributed by atoms with van der Waals surface area (Å²) >= 11 is 3.91. The van der Waals surface area contributed by atoms with Crippen LogP contribution < -0.4 is 27.4 Å². The zero-order valence-electron chi connectivity index (χ0n) is 12.9. The summed E-state index contributed by atoms with van der Waals surface area (Å²) < 4.78 is 0. The molecule has 0 saturated heterocycles. The second kappa shape index (κ2) is 10.4. The fraction of sp³-hybridized carbons (Fsp3) is 0.583. The number of aliphatic carboxylic acids is 1. The largest absolute Gasteiger partial charge is 0.480 e. The normalized spacial score (nSPS) is 14.0. The van der Waals surface area contributed by atoms with E-state index in [0.717, 1.165) is 0 Å². The van der Waals surface area contributed by atoms with Gasteiger partial charge in [0.25, 0.3) is 0 Å². The van der Waals surface area contributed by atoms with E-state index in [2.05, 4.69) is 28.6 Å². The van der Waals surface area contributed by atoms with Crippen LogP contribution in [-0.4, -0.2) is 65.1 Å². The highest BCUT2D eigenvalue weighted by Gasteiger charge is 2.28. The van der Waals surface area contributed by atoms with Crippen LogP contribution in [0.2, 0.25) is 0 Å². The summed E-state index contributed by atoms with van der Waals surface area (Å²) in [6.45, 7) is 0.837. The minimum atomic E-state index is -1.31. The molecule has 0 aliphatic carbocycles. The maximum absolute atomic E-state index is 12.1. The Balaban J connectivity index is 4.94. The van der Waals surface area contributed by atoms with Gasteiger partial charge in [0.2, 0.25) is 23.6 Å². The number of thiol groups is 1. The fourth-order valence-corrected chi connectivity index (χ4v) is 1.76. The van der Waals surface area contributed by atoms with E-state index in [1.807, 2.05) is 0 Å². The Morgan fingerprint density at radius 3 is 2.00 bits per heavy atom. The maximum atomic E-state index is 12.1.